The number of amides is 1. The molecule has 1 aromatic rings. The minimum Gasteiger partial charge on any atom is -0.592 e. The summed E-state index contributed by atoms with van der Waals surface area (Å²) in [4.78, 5) is 59.3. The molecule has 0 bridgehead atoms. The Balaban J connectivity index is 2.43. The fraction of sp³-hybridized carbons (Fsp3) is 0.526. The van der Waals surface area contributed by atoms with E-state index in [-0.39, 0.29) is 0 Å². The van der Waals surface area contributed by atoms with Gasteiger partial charge in [0.2, 0.25) is 6.29 Å². The van der Waals surface area contributed by atoms with E-state index in [4.69, 9.17) is 33.3 Å². The van der Waals surface area contributed by atoms with Crippen molar-refractivity contribution >= 4 is 35.7 Å². The first-order chi connectivity index (χ1) is 15.9. The summed E-state index contributed by atoms with van der Waals surface area (Å²) in [6.45, 7) is 3.81. The van der Waals surface area contributed by atoms with Crippen LogP contribution in [-0.4, -0.2) is 72.2 Å². The lowest BCUT2D eigenvalue weighted by Crippen LogP contribution is -2.99. The molecule has 3 N–H and O–H groups in total. The number of hydrogen-bond donors (Lipinski definition) is 3. The molecule has 1 fully saturated rings. The van der Waals surface area contributed by atoms with Crippen molar-refractivity contribution in [2.75, 3.05) is 6.61 Å². The molecule has 1 amide bonds. The first-order valence-electron chi connectivity index (χ1n) is 9.83. The highest BCUT2D eigenvalue weighted by atomic mass is 16.8. The summed E-state index contributed by atoms with van der Waals surface area (Å²) in [6.07, 6.45) is -5.72. The molecular formula is C19H24N2O13. The van der Waals surface area contributed by atoms with Crippen molar-refractivity contribution in [1.29, 1.82) is 0 Å². The molecule has 1 aliphatic heterocycles. The molecule has 34 heavy (non-hydrogen) atoms. The van der Waals surface area contributed by atoms with Crippen molar-refractivity contribution in [3.63, 3.8) is 0 Å². The largest absolute Gasteiger partial charge is 0.592 e. The number of rotatable bonds is 8. The second-order valence-corrected chi connectivity index (χ2v) is 7.07. The highest BCUT2D eigenvalue weighted by Gasteiger charge is 2.52. The molecule has 188 valence electrons. The van der Waals surface area contributed by atoms with Crippen LogP contribution in [0.4, 0.5) is 5.88 Å². The second kappa shape index (κ2) is 11.6. The molecule has 0 saturated carbocycles. The van der Waals surface area contributed by atoms with E-state index in [1.165, 1.54) is 0 Å². The van der Waals surface area contributed by atoms with Crippen LogP contribution in [-0.2, 0) is 42.9 Å². The summed E-state index contributed by atoms with van der Waals surface area (Å²) >= 11 is 0. The van der Waals surface area contributed by atoms with Crippen LogP contribution in [0.25, 0.3) is 0 Å². The van der Waals surface area contributed by atoms with Crippen molar-refractivity contribution in [3.05, 3.63) is 23.1 Å². The maximum Gasteiger partial charge on any atom is 0.329 e. The van der Waals surface area contributed by atoms with Gasteiger partial charge in [-0.25, -0.2) is 5.21 Å². The van der Waals surface area contributed by atoms with Gasteiger partial charge in [-0.3, -0.25) is 24.0 Å². The Morgan fingerprint density at radius 3 is 2.06 bits per heavy atom. The summed E-state index contributed by atoms with van der Waals surface area (Å²) in [6, 6.07) is 0.673. The molecular weight excluding hydrogens is 464 g/mol. The number of hydrogen-bond acceptors (Lipinski definition) is 13. The van der Waals surface area contributed by atoms with Crippen LogP contribution in [0.2, 0.25) is 0 Å². The Morgan fingerprint density at radius 1 is 0.971 bits per heavy atom. The summed E-state index contributed by atoms with van der Waals surface area (Å²) in [5, 5.41) is 21.0. The number of quaternary nitrogens is 1. The van der Waals surface area contributed by atoms with Crippen molar-refractivity contribution in [2.24, 2.45) is 0 Å². The molecule has 0 spiro atoms. The topological polar surface area (TPSA) is 204 Å². The lowest BCUT2D eigenvalue weighted by Gasteiger charge is -2.44. The van der Waals surface area contributed by atoms with E-state index in [1.54, 1.807) is 0 Å². The van der Waals surface area contributed by atoms with Crippen molar-refractivity contribution in [3.8, 4) is 0 Å². The first kappa shape index (κ1) is 26.7. The van der Waals surface area contributed by atoms with Crippen LogP contribution < -0.4 is 10.5 Å². The van der Waals surface area contributed by atoms with Crippen molar-refractivity contribution < 1.29 is 62.5 Å². The van der Waals surface area contributed by atoms with Crippen LogP contribution in [0, 0.1) is 5.21 Å². The van der Waals surface area contributed by atoms with E-state index in [0.29, 0.717) is 0 Å². The molecule has 15 heteroatoms. The Labute approximate surface area is 192 Å². The lowest BCUT2D eigenvalue weighted by molar-refractivity contribution is -0.997. The molecule has 6 atom stereocenters. The number of carbonyl (C=O) groups excluding carboxylic acids is 5. The fourth-order valence-corrected chi connectivity index (χ4v) is 3.12. The Morgan fingerprint density at radius 2 is 1.56 bits per heavy atom. The molecule has 0 aliphatic carbocycles. The van der Waals surface area contributed by atoms with E-state index < -0.39 is 83.9 Å². The Hall–Kier alpha value is -3.53. The van der Waals surface area contributed by atoms with Crippen LogP contribution in [0.3, 0.4) is 0 Å². The predicted molar refractivity (Wildman–Crippen MR) is 104 cm³/mol. The van der Waals surface area contributed by atoms with Gasteiger partial charge in [0.15, 0.2) is 18.0 Å². The second-order valence-electron chi connectivity index (χ2n) is 7.07. The average molecular weight is 488 g/mol. The third-order valence-electron chi connectivity index (χ3n) is 4.32. The van der Waals surface area contributed by atoms with E-state index in [1.807, 2.05) is 0 Å². The Kier molecular flexibility index (Phi) is 9.08. The smallest absolute Gasteiger partial charge is 0.329 e. The van der Waals surface area contributed by atoms with Gasteiger partial charge in [-0.1, -0.05) is 0 Å². The summed E-state index contributed by atoms with van der Waals surface area (Å²) in [5.74, 6) is -5.11. The number of carbonyl (C=O) groups is 5. The van der Waals surface area contributed by atoms with E-state index in [9.17, 15) is 29.2 Å². The zero-order valence-electron chi connectivity index (χ0n) is 18.6. The monoisotopic (exact) mass is 488 g/mol. The zero-order valence-corrected chi connectivity index (χ0v) is 18.6. The number of esters is 4. The molecule has 2 rings (SSSR count). The molecule has 0 radical (unpaired) electrons. The highest BCUT2D eigenvalue weighted by molar-refractivity contribution is 5.92. The number of ether oxygens (including phenoxy) is 5. The molecule has 1 aliphatic rings. The van der Waals surface area contributed by atoms with Crippen molar-refractivity contribution in [2.45, 2.75) is 58.3 Å². The van der Waals surface area contributed by atoms with Crippen LogP contribution >= 0.6 is 0 Å². The maximum atomic E-state index is 12.7. The molecule has 15 nitrogen and oxygen atoms in total. The highest BCUT2D eigenvalue weighted by Crippen LogP contribution is 2.28. The fourth-order valence-electron chi connectivity index (χ4n) is 3.12. The van der Waals surface area contributed by atoms with Gasteiger partial charge in [0.05, 0.1) is 0 Å². The lowest BCUT2D eigenvalue weighted by atomic mass is 9.96. The number of nitrogens with one attached hydrogen (secondary N) is 2. The summed E-state index contributed by atoms with van der Waals surface area (Å²) in [7, 11) is 0. The van der Waals surface area contributed by atoms with Crippen molar-refractivity contribution in [1.82, 2.24) is 5.32 Å². The average Bonchev–Trinajstić information content (AvgIpc) is 3.20. The van der Waals surface area contributed by atoms with Gasteiger partial charge in [-0.2, -0.15) is 5.23 Å². The standard InChI is InChI=1S/C19H24N2O13/c1-8(22)29-7-13-16(30-9(2)23)17(31-10(3)24)15(19(34-13)32-11(4)25)20-18(26)12-5-6-14(33-12)21(27)28/h5-6,13,15-17,19,21,27H,7H2,1-4H3,(H,20,26). The molecule has 1 saturated heterocycles. The predicted octanol–water partition coefficient (Wildman–Crippen LogP) is -1.50. The van der Waals surface area contributed by atoms with Gasteiger partial charge in [-0.05, 0) is 6.07 Å². The minimum atomic E-state index is -1.59. The van der Waals surface area contributed by atoms with Gasteiger partial charge in [0, 0.05) is 33.8 Å². The maximum absolute atomic E-state index is 12.7. The SMILES string of the molecule is CC(=O)OCC1OC(OC(C)=O)C(NC(=O)c2ccc([NH+]([O-])O)o2)C(OC(C)=O)C1OC(C)=O. The van der Waals surface area contributed by atoms with Crippen LogP contribution in [0.1, 0.15) is 38.2 Å². The van der Waals surface area contributed by atoms with Gasteiger partial charge in [-0.15, -0.1) is 0 Å². The van der Waals surface area contributed by atoms with E-state index in [0.717, 1.165) is 39.8 Å². The summed E-state index contributed by atoms with van der Waals surface area (Å²) < 4.78 is 31.1. The van der Waals surface area contributed by atoms with Gasteiger partial charge in [0.1, 0.15) is 18.8 Å². The molecule has 0 aromatic carbocycles. The third-order valence-corrected chi connectivity index (χ3v) is 4.32. The Bertz CT molecular complexity index is 927. The van der Waals surface area contributed by atoms with Gasteiger partial charge < -0.3 is 38.6 Å². The third kappa shape index (κ3) is 7.24. The normalized spacial score (nSPS) is 24.9. The van der Waals surface area contributed by atoms with E-state index in [2.05, 4.69) is 5.32 Å². The van der Waals surface area contributed by atoms with Crippen LogP contribution in [0.5, 0.6) is 0 Å². The van der Waals surface area contributed by atoms with E-state index >= 15 is 0 Å². The van der Waals surface area contributed by atoms with Crippen LogP contribution in [0.15, 0.2) is 16.5 Å². The zero-order chi connectivity index (χ0) is 25.6. The molecule has 6 unspecified atom stereocenters. The first-order valence-corrected chi connectivity index (χ1v) is 9.83. The number of furan rings is 1. The minimum absolute atomic E-state index is 0.424. The summed E-state index contributed by atoms with van der Waals surface area (Å²) in [5.41, 5.74) is 0. The van der Waals surface area contributed by atoms with Gasteiger partial charge in [0.25, 0.3) is 5.91 Å². The quantitative estimate of drug-likeness (QED) is 0.217. The van der Waals surface area contributed by atoms with Gasteiger partial charge >= 0.3 is 29.8 Å². The molecule has 2 heterocycles. The molecule has 1 aromatic heterocycles.